The number of Topliss-reactive ketones (excluding diaryl/α,β-unsaturated/α-hetero) is 1. The molecule has 0 aliphatic rings. The third-order valence-corrected chi connectivity index (χ3v) is 6.71. The van der Waals surface area contributed by atoms with Crippen LogP contribution in [-0.4, -0.2) is 58.8 Å². The highest BCUT2D eigenvalue weighted by molar-refractivity contribution is 7.98. The average molecular weight is 460 g/mol. The predicted molar refractivity (Wildman–Crippen MR) is 79.2 cm³/mol. The van der Waals surface area contributed by atoms with E-state index >= 15 is 0 Å². The van der Waals surface area contributed by atoms with Crippen molar-refractivity contribution in [2.45, 2.75) is 55.7 Å². The molecule has 0 aromatic carbocycles. The van der Waals surface area contributed by atoms with Gasteiger partial charge in [-0.05, 0) is 38.6 Å². The van der Waals surface area contributed by atoms with Crippen molar-refractivity contribution < 1.29 is 57.3 Å². The Kier molecular flexibility index (Phi) is 8.82. The summed E-state index contributed by atoms with van der Waals surface area (Å²) in [4.78, 5) is 10.7. The Bertz CT molecular complexity index is 622. The van der Waals surface area contributed by atoms with Gasteiger partial charge in [-0.1, -0.05) is 0 Å². The second kappa shape index (κ2) is 8.35. The quantitative estimate of drug-likeness (QED) is 0.357. The molecule has 0 aliphatic carbocycles. The van der Waals surface area contributed by atoms with Gasteiger partial charge < -0.3 is 4.55 Å². The minimum absolute atomic E-state index is 0.233. The monoisotopic (exact) mass is 460 g/mol. The van der Waals surface area contributed by atoms with Gasteiger partial charge in [0.15, 0.2) is 21.7 Å². The topological polar surface area (TPSA) is 74.3 Å². The van der Waals surface area contributed by atoms with Crippen LogP contribution in [0.1, 0.15) is 27.7 Å². The second-order valence-corrected chi connectivity index (χ2v) is 10.4. The van der Waals surface area contributed by atoms with Crippen LogP contribution in [0.2, 0.25) is 0 Å². The fourth-order valence-electron chi connectivity index (χ4n) is 1.04. The second-order valence-electron chi connectivity index (χ2n) is 6.21. The highest BCUT2D eigenvalue weighted by atomic mass is 32.2. The molecule has 0 heterocycles. The van der Waals surface area contributed by atoms with Crippen molar-refractivity contribution in [1.82, 2.24) is 0 Å². The van der Waals surface area contributed by atoms with E-state index in [4.69, 9.17) is 0 Å². The lowest BCUT2D eigenvalue weighted by Crippen LogP contribution is -2.63. The molecule has 0 rings (SSSR count). The molecule has 0 aromatic rings. The zero-order chi connectivity index (χ0) is 22.9. The maximum absolute atomic E-state index is 12.2. The van der Waals surface area contributed by atoms with Crippen molar-refractivity contribution in [2.75, 3.05) is 12.0 Å². The average Bonchev–Trinajstić information content (AvgIpc) is 2.34. The summed E-state index contributed by atoms with van der Waals surface area (Å²) in [7, 11) is -7.18. The lowest BCUT2D eigenvalue weighted by molar-refractivity contribution is -0.382. The van der Waals surface area contributed by atoms with Gasteiger partial charge in [-0.3, -0.25) is 4.79 Å². The number of hydrogen-bond donors (Lipinski definition) is 0. The maximum Gasteiger partial charge on any atom is 0.460 e. The van der Waals surface area contributed by atoms with E-state index in [1.165, 1.54) is 0 Å². The van der Waals surface area contributed by atoms with Crippen molar-refractivity contribution in [3.63, 3.8) is 0 Å². The smallest absolute Gasteiger partial charge is 0.460 e. The molecule has 0 saturated heterocycles. The fraction of sp³-hybridized carbons (Fsp3) is 0.917. The first-order valence-electron chi connectivity index (χ1n) is 6.61. The van der Waals surface area contributed by atoms with Gasteiger partial charge in [0.2, 0.25) is 0 Å². The first-order chi connectivity index (χ1) is 11.3. The molecule has 0 aliphatic heterocycles. The van der Waals surface area contributed by atoms with Crippen LogP contribution >= 0.6 is 0 Å². The molecule has 0 N–H and O–H groups in total. The van der Waals surface area contributed by atoms with E-state index < -0.39 is 33.4 Å². The Balaban J connectivity index is 0. The minimum atomic E-state index is -7.43. The summed E-state index contributed by atoms with van der Waals surface area (Å²) in [6.07, 6.45) is -5.01. The van der Waals surface area contributed by atoms with Crippen molar-refractivity contribution >= 4 is 26.8 Å². The summed E-state index contributed by atoms with van der Waals surface area (Å²) in [5, 5.41) is -7.11. The van der Waals surface area contributed by atoms with Crippen LogP contribution in [0.3, 0.4) is 0 Å². The Labute approximate surface area is 152 Å². The molecule has 27 heavy (non-hydrogen) atoms. The Hall–Kier alpha value is -0.700. The van der Waals surface area contributed by atoms with Crippen molar-refractivity contribution in [2.24, 2.45) is 0 Å². The van der Waals surface area contributed by atoms with Crippen molar-refractivity contribution in [3.8, 4) is 0 Å². The van der Waals surface area contributed by atoms with Crippen LogP contribution in [0.4, 0.5) is 39.5 Å². The number of rotatable bonds is 5. The summed E-state index contributed by atoms with van der Waals surface area (Å²) < 4.78 is 136. The van der Waals surface area contributed by atoms with E-state index in [1.54, 1.807) is 6.92 Å². The molecule has 0 spiro atoms. The summed E-state index contributed by atoms with van der Waals surface area (Å²) in [6.45, 7) is 8.20. The number of carbonyl (C=O) groups excluding carboxylic acids is 1. The van der Waals surface area contributed by atoms with Crippen LogP contribution < -0.4 is 0 Å². The van der Waals surface area contributed by atoms with Gasteiger partial charge >= 0.3 is 23.3 Å². The van der Waals surface area contributed by atoms with Crippen LogP contribution in [0.25, 0.3) is 0 Å². The van der Waals surface area contributed by atoms with Gasteiger partial charge in [-0.25, -0.2) is 8.42 Å². The Morgan fingerprint density at radius 1 is 0.889 bits per heavy atom. The van der Waals surface area contributed by atoms with Gasteiger partial charge in [-0.15, -0.1) is 0 Å². The Morgan fingerprint density at radius 2 is 1.22 bits per heavy atom. The fourth-order valence-corrected chi connectivity index (χ4v) is 2.52. The lowest BCUT2D eigenvalue weighted by Gasteiger charge is -2.34. The molecule has 0 bridgehead atoms. The first kappa shape index (κ1) is 28.5. The van der Waals surface area contributed by atoms with E-state index in [0.717, 1.165) is 5.75 Å². The molecular weight excluding hydrogens is 443 g/mol. The molecule has 164 valence electrons. The van der Waals surface area contributed by atoms with E-state index in [2.05, 4.69) is 27.0 Å². The van der Waals surface area contributed by atoms with Gasteiger partial charge in [0.05, 0.1) is 6.26 Å². The van der Waals surface area contributed by atoms with E-state index in [9.17, 15) is 57.3 Å². The van der Waals surface area contributed by atoms with Gasteiger partial charge in [-0.2, -0.15) is 39.5 Å². The predicted octanol–water partition coefficient (Wildman–Crippen LogP) is 3.58. The summed E-state index contributed by atoms with van der Waals surface area (Å²) >= 11 is 0. The maximum atomic E-state index is 12.2. The molecule has 15 heteroatoms. The van der Waals surface area contributed by atoms with Crippen LogP contribution in [0.15, 0.2) is 0 Å². The van der Waals surface area contributed by atoms with E-state index in [0.29, 0.717) is 10.5 Å². The number of alkyl halides is 9. The standard InChI is InChI=1S/C8H17OS.C4HF9O3S/c1-7(9)6-10(5)8(2,3)4;5-1(6,3(9,10)11)2(7,8)4(12,13)17(14,15)16/h6H2,1-5H3;(H,14,15,16)/q+1;/p-1. The summed E-state index contributed by atoms with van der Waals surface area (Å²) in [6, 6.07) is 0. The van der Waals surface area contributed by atoms with Crippen molar-refractivity contribution in [1.29, 1.82) is 0 Å². The van der Waals surface area contributed by atoms with Crippen molar-refractivity contribution in [3.05, 3.63) is 0 Å². The Morgan fingerprint density at radius 3 is 1.37 bits per heavy atom. The molecular formula is C12H17F9O4S2. The normalized spacial score (nSPS) is 15.7. The molecule has 0 fully saturated rings. The minimum Gasteiger partial charge on any atom is -0.743 e. The number of hydrogen-bond acceptors (Lipinski definition) is 4. The highest BCUT2D eigenvalue weighted by Crippen LogP contribution is 2.54. The SMILES string of the molecule is CC(=O)C[S+](C)C(C)(C)C.O=S(=O)([O-])C(F)(F)C(F)(F)C(F)(F)C(F)(F)F. The molecule has 1 unspecified atom stereocenters. The van der Waals surface area contributed by atoms with Gasteiger partial charge in [0, 0.05) is 0 Å². The molecule has 0 aromatic heterocycles. The largest absolute Gasteiger partial charge is 0.743 e. The summed E-state index contributed by atoms with van der Waals surface area (Å²) in [5.41, 5.74) is 0. The molecule has 1 atom stereocenters. The highest BCUT2D eigenvalue weighted by Gasteiger charge is 2.83. The third-order valence-electron chi connectivity index (χ3n) is 2.90. The molecule has 0 radical (unpaired) electrons. The number of ketones is 1. The van der Waals surface area contributed by atoms with E-state index in [1.807, 2.05) is 0 Å². The zero-order valence-corrected chi connectivity index (χ0v) is 16.2. The number of halogens is 9. The third kappa shape index (κ3) is 6.69. The van der Waals surface area contributed by atoms with Gasteiger partial charge in [0.25, 0.3) is 0 Å². The molecule has 0 saturated carbocycles. The van der Waals surface area contributed by atoms with E-state index in [-0.39, 0.29) is 10.9 Å². The van der Waals surface area contributed by atoms with Crippen LogP contribution in [-0.2, 0) is 25.8 Å². The zero-order valence-electron chi connectivity index (χ0n) is 14.6. The molecule has 0 amide bonds. The van der Waals surface area contributed by atoms with Gasteiger partial charge in [0.1, 0.15) is 4.75 Å². The van der Waals surface area contributed by atoms with Crippen LogP contribution in [0.5, 0.6) is 0 Å². The number of carbonyl (C=O) groups is 1. The molecule has 4 nitrogen and oxygen atoms in total. The first-order valence-corrected chi connectivity index (χ1v) is 9.82. The lowest BCUT2D eigenvalue weighted by atomic mass is 10.1. The van der Waals surface area contributed by atoms with Crippen LogP contribution in [0, 0.1) is 0 Å². The summed E-state index contributed by atoms with van der Waals surface area (Å²) in [5.74, 6) is -13.8.